The van der Waals surface area contributed by atoms with Gasteiger partial charge in [-0.25, -0.2) is 8.51 Å². The van der Waals surface area contributed by atoms with E-state index in [1.807, 2.05) is 0 Å². The van der Waals surface area contributed by atoms with Gasteiger partial charge in [-0.15, -0.1) is 0 Å². The molecule has 0 radical (unpaired) electrons. The van der Waals surface area contributed by atoms with Gasteiger partial charge in [-0.1, -0.05) is 0 Å². The van der Waals surface area contributed by atoms with Crippen molar-refractivity contribution in [2.45, 2.75) is 6.10 Å². The molecular weight excluding hydrogens is 166 g/mol. The fourth-order valence-corrected chi connectivity index (χ4v) is 1.97. The predicted molar refractivity (Wildman–Crippen MR) is 42.2 cm³/mol. The molecular formula is C6H13NO3S. The second kappa shape index (κ2) is 3.62. The van der Waals surface area contributed by atoms with Crippen molar-refractivity contribution in [2.75, 3.05) is 26.0 Å². The topological polar surface area (TPSA) is 60.8 Å². The van der Waals surface area contributed by atoms with Crippen LogP contribution in [0.4, 0.5) is 0 Å². The van der Waals surface area contributed by atoms with Crippen LogP contribution in [0.25, 0.3) is 0 Å². The van der Waals surface area contributed by atoms with Crippen LogP contribution in [-0.2, 0) is 11.0 Å². The molecule has 3 atom stereocenters. The lowest BCUT2D eigenvalue weighted by atomic mass is 10.1. The van der Waals surface area contributed by atoms with Gasteiger partial charge in [-0.05, 0) is 0 Å². The molecule has 0 aliphatic carbocycles. The summed E-state index contributed by atoms with van der Waals surface area (Å²) in [6.07, 6.45) is 1.05. The highest BCUT2D eigenvalue weighted by Crippen LogP contribution is 2.16. The average molecular weight is 179 g/mol. The van der Waals surface area contributed by atoms with Crippen LogP contribution in [-0.4, -0.2) is 50.8 Å². The normalized spacial score (nSPS) is 35.9. The van der Waals surface area contributed by atoms with Crippen molar-refractivity contribution in [3.63, 3.8) is 0 Å². The molecule has 0 amide bonds. The molecule has 0 saturated carbocycles. The smallest absolute Gasteiger partial charge is 0.0911 e. The first kappa shape index (κ1) is 9.12. The highest BCUT2D eigenvalue weighted by Gasteiger charge is 2.32. The first-order chi connectivity index (χ1) is 5.15. The Kier molecular flexibility index (Phi) is 3.00. The van der Waals surface area contributed by atoms with E-state index in [9.17, 15) is 9.32 Å². The van der Waals surface area contributed by atoms with Gasteiger partial charge in [0.25, 0.3) is 0 Å². The molecule has 11 heavy (non-hydrogen) atoms. The molecule has 0 bridgehead atoms. The lowest BCUT2D eigenvalue weighted by Gasteiger charge is -2.09. The van der Waals surface area contributed by atoms with Gasteiger partial charge in [0.05, 0.1) is 17.1 Å². The molecule has 0 spiro atoms. The first-order valence-corrected chi connectivity index (χ1v) is 5.04. The Labute approximate surface area is 68.4 Å². The fraction of sp³-hybridized carbons (Fsp3) is 1.00. The zero-order valence-electron chi connectivity index (χ0n) is 6.43. The fourth-order valence-electron chi connectivity index (χ4n) is 1.20. The average Bonchev–Trinajstić information content (AvgIpc) is 2.31. The summed E-state index contributed by atoms with van der Waals surface area (Å²) in [5.41, 5.74) is 0. The molecule has 5 heteroatoms. The van der Waals surface area contributed by atoms with Crippen molar-refractivity contribution in [1.82, 2.24) is 4.31 Å². The molecule has 4 nitrogen and oxygen atoms in total. The number of β-amino-alcohol motifs (C(OH)–C–C–N with tert-alkyl or cyclic N) is 1. The maximum absolute atomic E-state index is 10.9. The van der Waals surface area contributed by atoms with Gasteiger partial charge in [0.2, 0.25) is 0 Å². The summed E-state index contributed by atoms with van der Waals surface area (Å²) >= 11 is 0. The number of rotatable bonds is 2. The number of aliphatic hydroxyl groups excluding tert-OH is 2. The van der Waals surface area contributed by atoms with Gasteiger partial charge in [-0.3, -0.25) is 0 Å². The first-order valence-electron chi connectivity index (χ1n) is 3.52. The minimum absolute atomic E-state index is 0.0329. The van der Waals surface area contributed by atoms with E-state index in [1.54, 1.807) is 10.6 Å². The molecule has 1 aliphatic rings. The molecule has 0 aromatic heterocycles. The number of aliphatic hydroxyl groups is 2. The van der Waals surface area contributed by atoms with Gasteiger partial charge >= 0.3 is 0 Å². The molecule has 3 unspecified atom stereocenters. The van der Waals surface area contributed by atoms with E-state index in [4.69, 9.17) is 5.11 Å². The zero-order chi connectivity index (χ0) is 8.43. The largest absolute Gasteiger partial charge is 0.396 e. The Morgan fingerprint density at radius 3 is 2.55 bits per heavy atom. The number of nitrogens with zero attached hydrogens (tertiary/aromatic N) is 1. The van der Waals surface area contributed by atoms with Crippen molar-refractivity contribution in [2.24, 2.45) is 5.92 Å². The maximum Gasteiger partial charge on any atom is 0.0911 e. The predicted octanol–water partition coefficient (Wildman–Crippen LogP) is -1.44. The zero-order valence-corrected chi connectivity index (χ0v) is 7.25. The van der Waals surface area contributed by atoms with Crippen LogP contribution in [0.1, 0.15) is 0 Å². The van der Waals surface area contributed by atoms with E-state index in [0.29, 0.717) is 13.1 Å². The highest BCUT2D eigenvalue weighted by molar-refractivity contribution is 7.81. The number of hydrogen-bond acceptors (Lipinski definition) is 3. The van der Waals surface area contributed by atoms with Crippen LogP contribution in [0.2, 0.25) is 0 Å². The molecule has 1 fully saturated rings. The Hall–Kier alpha value is 0.0300. The summed E-state index contributed by atoms with van der Waals surface area (Å²) in [6, 6.07) is 0. The van der Waals surface area contributed by atoms with E-state index < -0.39 is 17.1 Å². The SMILES string of the molecule is CS(=O)N1CC(O)C(CO)C1. The molecule has 0 aromatic carbocycles. The van der Waals surface area contributed by atoms with Crippen molar-refractivity contribution < 1.29 is 14.4 Å². The summed E-state index contributed by atoms with van der Waals surface area (Å²) < 4.78 is 12.6. The van der Waals surface area contributed by atoms with E-state index in [-0.39, 0.29) is 12.5 Å². The Morgan fingerprint density at radius 1 is 1.64 bits per heavy atom. The molecule has 0 aromatic rings. The summed E-state index contributed by atoms with van der Waals surface area (Å²) in [7, 11) is -1.02. The van der Waals surface area contributed by atoms with Crippen molar-refractivity contribution >= 4 is 11.0 Å². The van der Waals surface area contributed by atoms with Gasteiger partial charge < -0.3 is 10.2 Å². The third kappa shape index (κ3) is 1.99. The Morgan fingerprint density at radius 2 is 2.27 bits per heavy atom. The van der Waals surface area contributed by atoms with E-state index in [2.05, 4.69) is 0 Å². The summed E-state index contributed by atoms with van der Waals surface area (Å²) in [5.74, 6) is -0.126. The molecule has 1 saturated heterocycles. The summed E-state index contributed by atoms with van der Waals surface area (Å²) in [5, 5.41) is 18.0. The van der Waals surface area contributed by atoms with Crippen LogP contribution >= 0.6 is 0 Å². The van der Waals surface area contributed by atoms with Crippen LogP contribution < -0.4 is 0 Å². The molecule has 66 valence electrons. The van der Waals surface area contributed by atoms with Crippen LogP contribution in [0.3, 0.4) is 0 Å². The van der Waals surface area contributed by atoms with Crippen LogP contribution in [0, 0.1) is 5.92 Å². The highest BCUT2D eigenvalue weighted by atomic mass is 32.2. The van der Waals surface area contributed by atoms with Crippen molar-refractivity contribution in [3.8, 4) is 0 Å². The molecule has 2 N–H and O–H groups in total. The third-order valence-electron chi connectivity index (χ3n) is 1.97. The van der Waals surface area contributed by atoms with Gasteiger partial charge in [0, 0.05) is 31.9 Å². The van der Waals surface area contributed by atoms with Crippen molar-refractivity contribution in [3.05, 3.63) is 0 Å². The van der Waals surface area contributed by atoms with Gasteiger partial charge in [-0.2, -0.15) is 0 Å². The van der Waals surface area contributed by atoms with E-state index >= 15 is 0 Å². The summed E-state index contributed by atoms with van der Waals surface area (Å²) in [4.78, 5) is 0. The van der Waals surface area contributed by atoms with E-state index in [1.165, 1.54) is 0 Å². The second-order valence-corrected chi connectivity index (χ2v) is 4.14. The van der Waals surface area contributed by atoms with Gasteiger partial charge in [0.15, 0.2) is 0 Å². The van der Waals surface area contributed by atoms with E-state index in [0.717, 1.165) is 0 Å². The number of hydrogen-bond donors (Lipinski definition) is 2. The molecule has 1 rings (SSSR count). The quantitative estimate of drug-likeness (QED) is 0.546. The minimum Gasteiger partial charge on any atom is -0.396 e. The summed E-state index contributed by atoms with van der Waals surface area (Å²) in [6.45, 7) is 0.907. The Bertz CT molecular complexity index is 164. The maximum atomic E-state index is 10.9. The molecule has 1 heterocycles. The van der Waals surface area contributed by atoms with Crippen LogP contribution in [0.15, 0.2) is 0 Å². The van der Waals surface area contributed by atoms with Gasteiger partial charge in [0.1, 0.15) is 0 Å². The Balaban J connectivity index is 2.49. The second-order valence-electron chi connectivity index (χ2n) is 2.78. The monoisotopic (exact) mass is 179 g/mol. The minimum atomic E-state index is -1.02. The third-order valence-corrected chi connectivity index (χ3v) is 3.00. The lowest BCUT2D eigenvalue weighted by Crippen LogP contribution is -2.23. The molecule has 1 aliphatic heterocycles. The van der Waals surface area contributed by atoms with Crippen molar-refractivity contribution in [1.29, 1.82) is 0 Å². The standard InChI is InChI=1S/C6H13NO3S/c1-11(10)7-2-5(4-8)6(9)3-7/h5-6,8-9H,2-4H2,1H3. The lowest BCUT2D eigenvalue weighted by molar-refractivity contribution is 0.104. The van der Waals surface area contributed by atoms with Crippen LogP contribution in [0.5, 0.6) is 0 Å².